The fourth-order valence-corrected chi connectivity index (χ4v) is 6.31. The van der Waals surface area contributed by atoms with Crippen molar-refractivity contribution in [3.63, 3.8) is 0 Å². The minimum absolute atomic E-state index is 0.454. The monoisotopic (exact) mass is 593 g/mol. The van der Waals surface area contributed by atoms with E-state index in [2.05, 4.69) is 56.2 Å². The molecule has 7 nitrogen and oxygen atoms in total. The van der Waals surface area contributed by atoms with Crippen LogP contribution in [-0.2, 0) is 6.54 Å². The Morgan fingerprint density at radius 2 is 1.61 bits per heavy atom. The number of benzene rings is 1. The number of nitrogens with one attached hydrogen (secondary N) is 1. The van der Waals surface area contributed by atoms with Crippen LogP contribution in [0.2, 0.25) is 0 Å². The van der Waals surface area contributed by atoms with E-state index in [0.717, 1.165) is 46.1 Å². The van der Waals surface area contributed by atoms with Crippen LogP contribution in [0, 0.1) is 5.41 Å². The standard InChI is InChI=1S/C33H39N7.2C2H6/c1-3-6-25(4-2)28-12-13-29-32(37-28)40(31(38-29)27-7-5-18-36-30(27)34)26-10-8-24(9-11-26)23-39-21-16-33(17-22-39)14-19-35-20-15-33;2*1-2/h3-13,18,35H,14-17,19-23H2,1-2H3,(H2,34,36);2*1-2H3/b6-3-,25-4+;;. The van der Waals surface area contributed by atoms with Gasteiger partial charge in [-0.3, -0.25) is 9.47 Å². The van der Waals surface area contributed by atoms with E-state index in [-0.39, 0.29) is 0 Å². The molecule has 2 fully saturated rings. The molecule has 0 saturated carbocycles. The van der Waals surface area contributed by atoms with Crippen molar-refractivity contribution in [2.75, 3.05) is 31.9 Å². The van der Waals surface area contributed by atoms with Gasteiger partial charge in [-0.1, -0.05) is 58.1 Å². The molecule has 0 radical (unpaired) electrons. The van der Waals surface area contributed by atoms with Crippen LogP contribution in [0.4, 0.5) is 5.82 Å². The predicted octanol–water partition coefficient (Wildman–Crippen LogP) is 8.06. The summed E-state index contributed by atoms with van der Waals surface area (Å²) in [6, 6.07) is 16.8. The van der Waals surface area contributed by atoms with Gasteiger partial charge in [-0.25, -0.2) is 15.0 Å². The van der Waals surface area contributed by atoms with Crippen LogP contribution < -0.4 is 11.1 Å². The molecule has 6 rings (SSSR count). The van der Waals surface area contributed by atoms with E-state index in [1.165, 1.54) is 57.4 Å². The second-order valence-electron chi connectivity index (χ2n) is 11.2. The molecule has 0 aliphatic carbocycles. The molecule has 7 heteroatoms. The molecule has 44 heavy (non-hydrogen) atoms. The Morgan fingerprint density at radius 3 is 2.25 bits per heavy atom. The molecule has 1 spiro atoms. The summed E-state index contributed by atoms with van der Waals surface area (Å²) in [6.45, 7) is 17.8. The van der Waals surface area contributed by atoms with Crippen LogP contribution in [0.3, 0.4) is 0 Å². The molecular weight excluding hydrogens is 542 g/mol. The molecule has 2 saturated heterocycles. The number of aromatic nitrogens is 4. The number of piperidine rings is 2. The fourth-order valence-electron chi connectivity index (χ4n) is 6.31. The zero-order valence-electron chi connectivity index (χ0n) is 27.6. The van der Waals surface area contributed by atoms with Crippen molar-refractivity contribution in [1.29, 1.82) is 0 Å². The number of nitrogens with two attached hydrogens (primary N) is 1. The summed E-state index contributed by atoms with van der Waals surface area (Å²) in [7, 11) is 0. The van der Waals surface area contributed by atoms with Gasteiger partial charge in [0.15, 0.2) is 11.5 Å². The predicted molar refractivity (Wildman–Crippen MR) is 187 cm³/mol. The van der Waals surface area contributed by atoms with Crippen molar-refractivity contribution in [2.45, 2.75) is 73.8 Å². The van der Waals surface area contributed by atoms with E-state index in [0.29, 0.717) is 11.2 Å². The van der Waals surface area contributed by atoms with Gasteiger partial charge < -0.3 is 11.1 Å². The molecule has 2 aliphatic rings. The van der Waals surface area contributed by atoms with Crippen molar-refractivity contribution in [1.82, 2.24) is 29.7 Å². The van der Waals surface area contributed by atoms with E-state index in [1.807, 2.05) is 71.9 Å². The third kappa shape index (κ3) is 7.28. The first kappa shape index (κ1) is 33.1. The normalized spacial score (nSPS) is 16.8. The van der Waals surface area contributed by atoms with Crippen LogP contribution in [0.1, 0.15) is 78.5 Å². The first-order valence-electron chi connectivity index (χ1n) is 16.5. The van der Waals surface area contributed by atoms with E-state index < -0.39 is 0 Å². The third-order valence-corrected chi connectivity index (χ3v) is 8.72. The van der Waals surface area contributed by atoms with Crippen molar-refractivity contribution < 1.29 is 0 Å². The molecule has 4 aromatic rings. The summed E-state index contributed by atoms with van der Waals surface area (Å²) in [5, 5.41) is 3.53. The molecule has 3 aromatic heterocycles. The summed E-state index contributed by atoms with van der Waals surface area (Å²) < 4.78 is 2.11. The van der Waals surface area contributed by atoms with Crippen molar-refractivity contribution in [3.05, 3.63) is 84.2 Å². The second-order valence-corrected chi connectivity index (χ2v) is 11.2. The zero-order chi connectivity index (χ0) is 31.5. The van der Waals surface area contributed by atoms with E-state index in [4.69, 9.17) is 15.7 Å². The van der Waals surface area contributed by atoms with Crippen LogP contribution in [0.15, 0.2) is 73.0 Å². The molecule has 1 aromatic carbocycles. The van der Waals surface area contributed by atoms with Crippen LogP contribution in [0.5, 0.6) is 0 Å². The van der Waals surface area contributed by atoms with Gasteiger partial charge in [0.05, 0.1) is 11.3 Å². The Hall–Kier alpha value is -3.81. The first-order valence-corrected chi connectivity index (χ1v) is 16.5. The van der Waals surface area contributed by atoms with Gasteiger partial charge in [0.1, 0.15) is 11.3 Å². The Kier molecular flexibility index (Phi) is 11.9. The molecular formula is C37H51N7. The maximum atomic E-state index is 6.33. The molecule has 0 amide bonds. The largest absolute Gasteiger partial charge is 0.383 e. The number of allylic oxidation sites excluding steroid dienone is 4. The average molecular weight is 594 g/mol. The Labute approximate surface area is 264 Å². The maximum Gasteiger partial charge on any atom is 0.165 e. The van der Waals surface area contributed by atoms with Crippen molar-refractivity contribution in [2.24, 2.45) is 5.41 Å². The Bertz CT molecular complexity index is 1530. The highest BCUT2D eigenvalue weighted by Crippen LogP contribution is 2.40. The summed E-state index contributed by atoms with van der Waals surface area (Å²) in [5.74, 6) is 1.20. The number of rotatable bonds is 6. The number of anilines is 1. The fraction of sp³-hybridized carbons (Fsp3) is 0.432. The van der Waals surface area contributed by atoms with Crippen LogP contribution in [-0.4, -0.2) is 50.6 Å². The maximum absolute atomic E-state index is 6.33. The number of fused-ring (bicyclic) bond motifs is 1. The smallest absolute Gasteiger partial charge is 0.165 e. The lowest BCUT2D eigenvalue weighted by Crippen LogP contribution is -2.45. The highest BCUT2D eigenvalue weighted by molar-refractivity contribution is 5.85. The average Bonchev–Trinajstić information content (AvgIpc) is 3.46. The highest BCUT2D eigenvalue weighted by atomic mass is 15.1. The van der Waals surface area contributed by atoms with Gasteiger partial charge in [-0.05, 0) is 119 Å². The number of hydrogen-bond acceptors (Lipinski definition) is 6. The Balaban J connectivity index is 0.00000106. The number of pyridine rings is 2. The van der Waals surface area contributed by atoms with Gasteiger partial charge in [0.2, 0.25) is 0 Å². The number of nitrogens with zero attached hydrogens (tertiary/aromatic N) is 5. The SMILES string of the molecule is C/C=C\C(=C/C)c1ccc2nc(-c3cccnc3N)n(-c3ccc(CN4CCC5(CCNCC5)CC4)cc3)c2n1.CC.CC. The molecule has 2 aliphatic heterocycles. The van der Waals surface area contributed by atoms with E-state index in [1.54, 1.807) is 6.20 Å². The summed E-state index contributed by atoms with van der Waals surface area (Å²) >= 11 is 0. The van der Waals surface area contributed by atoms with Crippen LogP contribution >= 0.6 is 0 Å². The molecule has 234 valence electrons. The van der Waals surface area contributed by atoms with Gasteiger partial charge in [0.25, 0.3) is 0 Å². The van der Waals surface area contributed by atoms with Gasteiger partial charge in [-0.2, -0.15) is 0 Å². The molecule has 0 bridgehead atoms. The van der Waals surface area contributed by atoms with Crippen LogP contribution in [0.25, 0.3) is 33.8 Å². The van der Waals surface area contributed by atoms with E-state index >= 15 is 0 Å². The lowest BCUT2D eigenvalue weighted by atomic mass is 9.71. The Morgan fingerprint density at radius 1 is 0.909 bits per heavy atom. The minimum Gasteiger partial charge on any atom is -0.383 e. The summed E-state index contributed by atoms with van der Waals surface area (Å²) in [4.78, 5) is 17.0. The number of hydrogen-bond donors (Lipinski definition) is 2. The topological polar surface area (TPSA) is 84.9 Å². The first-order chi connectivity index (χ1) is 21.6. The van der Waals surface area contributed by atoms with Gasteiger partial charge in [0, 0.05) is 18.4 Å². The number of imidazole rings is 1. The molecule has 0 atom stereocenters. The van der Waals surface area contributed by atoms with Gasteiger partial charge >= 0.3 is 0 Å². The lowest BCUT2D eigenvalue weighted by molar-refractivity contribution is 0.0701. The lowest BCUT2D eigenvalue weighted by Gasteiger charge is -2.44. The molecule has 0 unspecified atom stereocenters. The number of nitrogen functional groups attached to an aromatic ring is 1. The third-order valence-electron chi connectivity index (χ3n) is 8.72. The number of likely N-dealkylation sites (tertiary alicyclic amines) is 1. The quantitative estimate of drug-likeness (QED) is 0.220. The van der Waals surface area contributed by atoms with Crippen molar-refractivity contribution >= 4 is 22.6 Å². The summed E-state index contributed by atoms with van der Waals surface area (Å²) in [5.41, 5.74) is 13.6. The highest BCUT2D eigenvalue weighted by Gasteiger charge is 2.35. The summed E-state index contributed by atoms with van der Waals surface area (Å²) in [6.07, 6.45) is 13.2. The van der Waals surface area contributed by atoms with Crippen molar-refractivity contribution in [3.8, 4) is 17.1 Å². The van der Waals surface area contributed by atoms with Gasteiger partial charge in [-0.15, -0.1) is 0 Å². The molecule has 5 heterocycles. The minimum atomic E-state index is 0.454. The molecule has 3 N–H and O–H groups in total. The van der Waals surface area contributed by atoms with E-state index in [9.17, 15) is 0 Å². The zero-order valence-corrected chi connectivity index (χ0v) is 27.6. The second kappa shape index (κ2) is 15.8.